The van der Waals surface area contributed by atoms with Crippen molar-refractivity contribution in [1.29, 1.82) is 0 Å². The zero-order valence-corrected chi connectivity index (χ0v) is 40.7. The normalized spacial score (nSPS) is 14.3. The Labute approximate surface area is 393 Å². The Hall–Kier alpha value is -5.36. The lowest BCUT2D eigenvalue weighted by Crippen LogP contribution is -2.26. The van der Waals surface area contributed by atoms with Crippen molar-refractivity contribution in [3.8, 4) is 0 Å². The van der Waals surface area contributed by atoms with Gasteiger partial charge in [0.25, 0.3) is 0 Å². The van der Waals surface area contributed by atoms with Gasteiger partial charge in [-0.05, 0) is 142 Å². The Kier molecular flexibility index (Phi) is 28.7. The van der Waals surface area contributed by atoms with Gasteiger partial charge >= 0.3 is 0 Å². The number of benzene rings is 2. The molecule has 2 aromatic carbocycles. The topological polar surface area (TPSA) is 109 Å². The van der Waals surface area contributed by atoms with Crippen molar-refractivity contribution in [1.82, 2.24) is 0 Å². The van der Waals surface area contributed by atoms with E-state index in [1.165, 1.54) is 22.8 Å². The maximum atomic E-state index is 13.0. The van der Waals surface area contributed by atoms with E-state index in [1.54, 1.807) is 0 Å². The van der Waals surface area contributed by atoms with Gasteiger partial charge in [0.1, 0.15) is 5.76 Å². The van der Waals surface area contributed by atoms with Crippen LogP contribution in [0.5, 0.6) is 0 Å². The summed E-state index contributed by atoms with van der Waals surface area (Å²) in [7, 11) is 0. The molecular formula is C59H82O6. The Morgan fingerprint density at radius 2 is 0.969 bits per heavy atom. The molecule has 0 saturated heterocycles. The summed E-state index contributed by atoms with van der Waals surface area (Å²) in [6, 6.07) is 20.5. The van der Waals surface area contributed by atoms with E-state index in [4.69, 9.17) is 0 Å². The molecule has 0 atom stereocenters. The third-order valence-corrected chi connectivity index (χ3v) is 11.4. The van der Waals surface area contributed by atoms with Crippen molar-refractivity contribution in [3.63, 3.8) is 0 Å². The van der Waals surface area contributed by atoms with Crippen LogP contribution in [0, 0.1) is 0 Å². The first-order valence-corrected chi connectivity index (χ1v) is 23.8. The number of carbonyl (C=O) groups is 4. The van der Waals surface area contributed by atoms with Gasteiger partial charge in [-0.15, -0.1) is 0 Å². The van der Waals surface area contributed by atoms with Crippen molar-refractivity contribution in [2.45, 2.75) is 179 Å². The van der Waals surface area contributed by atoms with Crippen LogP contribution in [0.25, 0.3) is 0 Å². The average molecular weight is 887 g/mol. The van der Waals surface area contributed by atoms with Crippen LogP contribution in [0.2, 0.25) is 0 Å². The molecule has 0 unspecified atom stereocenters. The van der Waals surface area contributed by atoms with E-state index < -0.39 is 11.6 Å². The molecule has 0 bridgehead atoms. The number of Topliss-reactive ketones (excluding diaryl/α,β-unsaturated/α-hetero) is 3. The van der Waals surface area contributed by atoms with Crippen LogP contribution < -0.4 is 0 Å². The number of carbonyl (C=O) groups excluding carboxylic acids is 4. The molecule has 2 aromatic rings. The molecule has 2 aliphatic carbocycles. The predicted molar refractivity (Wildman–Crippen MR) is 274 cm³/mol. The number of allylic oxidation sites excluding steroid dienone is 14. The highest BCUT2D eigenvalue weighted by molar-refractivity contribution is 6.50. The fraction of sp³-hybridized carbons (Fsp3) is 0.458. The average Bonchev–Trinajstić information content (AvgIpc) is 3.27. The quantitative estimate of drug-likeness (QED) is 0.0401. The lowest BCUT2D eigenvalue weighted by atomic mass is 9.82. The number of ketones is 4. The second-order valence-corrected chi connectivity index (χ2v) is 17.5. The zero-order valence-electron chi connectivity index (χ0n) is 40.7. The maximum Gasteiger partial charge on any atom is 0.233 e. The number of rotatable bonds is 22. The van der Waals surface area contributed by atoms with Gasteiger partial charge in [0.05, 0.1) is 0 Å². The summed E-state index contributed by atoms with van der Waals surface area (Å²) < 4.78 is 0. The summed E-state index contributed by atoms with van der Waals surface area (Å²) >= 11 is 0. The van der Waals surface area contributed by atoms with Gasteiger partial charge in [-0.3, -0.25) is 19.2 Å². The zero-order chi connectivity index (χ0) is 47.4. The van der Waals surface area contributed by atoms with Crippen molar-refractivity contribution >= 4 is 23.1 Å². The second-order valence-electron chi connectivity index (χ2n) is 17.5. The van der Waals surface area contributed by atoms with E-state index >= 15 is 0 Å². The molecule has 2 N–H and O–H groups in total. The molecule has 354 valence electrons. The van der Waals surface area contributed by atoms with Crippen LogP contribution in [0.4, 0.5) is 0 Å². The smallest absolute Gasteiger partial charge is 0.233 e. The van der Waals surface area contributed by atoms with Crippen molar-refractivity contribution < 1.29 is 29.4 Å². The first-order valence-electron chi connectivity index (χ1n) is 23.8. The van der Waals surface area contributed by atoms with Gasteiger partial charge in [-0.1, -0.05) is 161 Å². The van der Waals surface area contributed by atoms with Crippen LogP contribution in [-0.2, 0) is 32.0 Å². The van der Waals surface area contributed by atoms with Crippen LogP contribution in [-0.4, -0.2) is 33.3 Å². The van der Waals surface area contributed by atoms with E-state index in [0.717, 1.165) is 93.8 Å². The first kappa shape index (κ1) is 57.7. The molecule has 6 heteroatoms. The summed E-state index contributed by atoms with van der Waals surface area (Å²) in [4.78, 5) is 50.3. The molecule has 0 radical (unpaired) electrons. The van der Waals surface area contributed by atoms with Gasteiger partial charge in [-0.25, -0.2) is 0 Å². The fourth-order valence-corrected chi connectivity index (χ4v) is 7.35. The molecule has 6 nitrogen and oxygen atoms in total. The molecule has 65 heavy (non-hydrogen) atoms. The second kappa shape index (κ2) is 32.3. The highest BCUT2D eigenvalue weighted by Gasteiger charge is 2.34. The number of hydrogen-bond donors (Lipinski definition) is 2. The summed E-state index contributed by atoms with van der Waals surface area (Å²) in [6.07, 6.45) is 23.4. The van der Waals surface area contributed by atoms with Crippen molar-refractivity contribution in [3.05, 3.63) is 164 Å². The lowest BCUT2D eigenvalue weighted by Gasteiger charge is -2.21. The summed E-state index contributed by atoms with van der Waals surface area (Å²) in [5.74, 6) is -1.89. The van der Waals surface area contributed by atoms with Crippen LogP contribution >= 0.6 is 0 Å². The minimum Gasteiger partial charge on any atom is -0.507 e. The van der Waals surface area contributed by atoms with Gasteiger partial charge in [0.15, 0.2) is 11.5 Å². The summed E-state index contributed by atoms with van der Waals surface area (Å²) in [6.45, 7) is 18.7. The standard InChI is InChI=1S/C29H38O3.C21H30O3.C8H10.CH4/c1-5-6-8-16-24-25(20-18-23-14-9-7-10-15-23)27(30)26(29(32)28(24)31)19-17-22(4)13-11-12-21(2)3;1-5-6-7-11-17-14-19(22)18(21(24)20(17)23)13-12-16(4)10-8-9-15(2)3;1-2-8-6-4-3-5-7-8;/h7,9-10,12,14-15,17,30H,5-6,8,11,13,16,18-20H2,1-4H3;9,12,14,24H,5-8,10-11,13H2,1-4H3;3-7H,2H2,1H3;1H4/b22-17+;16-12+;;. The number of aliphatic hydroxyl groups is 2. The Bertz CT molecular complexity index is 2090. The minimum absolute atomic E-state index is 0. The van der Waals surface area contributed by atoms with E-state index in [2.05, 4.69) is 84.9 Å². The first-order chi connectivity index (χ1) is 30.6. The highest BCUT2D eigenvalue weighted by Crippen LogP contribution is 2.33. The molecule has 0 spiro atoms. The van der Waals surface area contributed by atoms with Gasteiger partial charge in [0.2, 0.25) is 17.3 Å². The van der Waals surface area contributed by atoms with Crippen LogP contribution in [0.15, 0.2) is 153 Å². The molecule has 0 aromatic heterocycles. The van der Waals surface area contributed by atoms with E-state index in [9.17, 15) is 29.4 Å². The van der Waals surface area contributed by atoms with Crippen molar-refractivity contribution in [2.24, 2.45) is 0 Å². The maximum absolute atomic E-state index is 13.0. The highest BCUT2D eigenvalue weighted by atomic mass is 16.3. The van der Waals surface area contributed by atoms with Crippen LogP contribution in [0.3, 0.4) is 0 Å². The Morgan fingerprint density at radius 3 is 1.45 bits per heavy atom. The molecular weight excluding hydrogens is 805 g/mol. The van der Waals surface area contributed by atoms with Crippen molar-refractivity contribution in [2.75, 3.05) is 0 Å². The third kappa shape index (κ3) is 21.5. The fourth-order valence-electron chi connectivity index (χ4n) is 7.35. The molecule has 2 aliphatic rings. The van der Waals surface area contributed by atoms with Gasteiger partial charge < -0.3 is 10.2 Å². The van der Waals surface area contributed by atoms with E-state index in [-0.39, 0.29) is 41.7 Å². The summed E-state index contributed by atoms with van der Waals surface area (Å²) in [5, 5.41) is 21.2. The van der Waals surface area contributed by atoms with E-state index in [0.29, 0.717) is 48.8 Å². The van der Waals surface area contributed by atoms with Gasteiger partial charge in [-0.2, -0.15) is 0 Å². The molecule has 4 rings (SSSR count). The van der Waals surface area contributed by atoms with Crippen LogP contribution in [0.1, 0.15) is 177 Å². The molecule has 0 fully saturated rings. The number of aryl methyl sites for hydroxylation is 2. The SMILES string of the molecule is C.CCCCCC1=C(CCc2ccccc2)C(O)=C(C/C=C(\C)CCC=C(C)C)C(=O)C1=O.CCCCCC1=CC(=O)C(C/C=C(\C)CCC=C(C)C)=C(O)C1=O.CCc1ccccc1. The number of aliphatic hydroxyl groups excluding tert-OH is 2. The summed E-state index contributed by atoms with van der Waals surface area (Å²) in [5.41, 5.74) is 9.56. The number of hydrogen-bond acceptors (Lipinski definition) is 6. The Morgan fingerprint density at radius 1 is 0.492 bits per heavy atom. The van der Waals surface area contributed by atoms with Gasteiger partial charge in [0, 0.05) is 27.9 Å². The minimum atomic E-state index is -0.536. The molecule has 0 aliphatic heterocycles. The molecule has 0 amide bonds. The largest absolute Gasteiger partial charge is 0.507 e. The molecule has 0 saturated carbocycles. The van der Waals surface area contributed by atoms with E-state index in [1.807, 2.05) is 62.4 Å². The lowest BCUT2D eigenvalue weighted by molar-refractivity contribution is -0.132. The predicted octanol–water partition coefficient (Wildman–Crippen LogP) is 16.0. The number of unbranched alkanes of at least 4 members (excludes halogenated alkanes) is 4. The molecule has 0 heterocycles. The third-order valence-electron chi connectivity index (χ3n) is 11.4. The Balaban J connectivity index is 0.000000561. The monoisotopic (exact) mass is 887 g/mol.